The van der Waals surface area contributed by atoms with Gasteiger partial charge in [-0.25, -0.2) is 0 Å². The van der Waals surface area contributed by atoms with E-state index in [-0.39, 0.29) is 0 Å². The zero-order valence-electron chi connectivity index (χ0n) is 8.57. The maximum atomic E-state index is 9.21. The van der Waals surface area contributed by atoms with Crippen LogP contribution in [0.1, 0.15) is 6.92 Å². The van der Waals surface area contributed by atoms with Gasteiger partial charge in [0.2, 0.25) is 0 Å². The van der Waals surface area contributed by atoms with Gasteiger partial charge in [0.25, 0.3) is 0 Å². The van der Waals surface area contributed by atoms with Crippen LogP contribution in [0.4, 0.5) is 0 Å². The van der Waals surface area contributed by atoms with Crippen molar-refractivity contribution in [3.63, 3.8) is 0 Å². The van der Waals surface area contributed by atoms with Gasteiger partial charge in [0.15, 0.2) is 0 Å². The van der Waals surface area contributed by atoms with Crippen molar-refractivity contribution >= 4 is 11.8 Å². The summed E-state index contributed by atoms with van der Waals surface area (Å²) in [6, 6.07) is 2.36. The molecule has 2 bridgehead atoms. The molecule has 14 heavy (non-hydrogen) atoms. The summed E-state index contributed by atoms with van der Waals surface area (Å²) >= 11 is 1.96. The Hall–Kier alpha value is -0.240. The van der Waals surface area contributed by atoms with E-state index in [1.807, 2.05) is 11.8 Å². The number of thioether (sulfide) groups is 1. The lowest BCUT2D eigenvalue weighted by atomic mass is 9.73. The van der Waals surface area contributed by atoms with E-state index in [1.165, 1.54) is 0 Å². The fourth-order valence-electron chi connectivity index (χ4n) is 2.51. The van der Waals surface area contributed by atoms with E-state index in [2.05, 4.69) is 17.9 Å². The fourth-order valence-corrected chi connectivity index (χ4v) is 3.98. The van der Waals surface area contributed by atoms with Crippen molar-refractivity contribution < 1.29 is 0 Å². The van der Waals surface area contributed by atoms with Crippen LogP contribution in [0.15, 0.2) is 0 Å². The average molecular weight is 211 g/mol. The second-order valence-corrected chi connectivity index (χ2v) is 5.40. The highest BCUT2D eigenvalue weighted by molar-refractivity contribution is 7.99. The second kappa shape index (κ2) is 3.73. The van der Waals surface area contributed by atoms with Gasteiger partial charge in [-0.05, 0) is 6.54 Å². The van der Waals surface area contributed by atoms with E-state index in [4.69, 9.17) is 5.73 Å². The minimum Gasteiger partial charge on any atom is -0.313 e. The SMILES string of the molecule is CCN1CC2CSCC(C1)C2(N)C#N. The number of piperidine rings is 1. The quantitative estimate of drug-likeness (QED) is 0.687. The van der Waals surface area contributed by atoms with Crippen LogP contribution in [0, 0.1) is 23.2 Å². The third-order valence-electron chi connectivity index (χ3n) is 3.59. The molecular weight excluding hydrogens is 194 g/mol. The van der Waals surface area contributed by atoms with Gasteiger partial charge in [0.1, 0.15) is 5.54 Å². The first-order chi connectivity index (χ1) is 6.70. The van der Waals surface area contributed by atoms with Crippen LogP contribution in [0.3, 0.4) is 0 Å². The molecule has 2 aliphatic heterocycles. The molecule has 2 unspecified atom stereocenters. The Labute approximate surface area is 89.6 Å². The summed E-state index contributed by atoms with van der Waals surface area (Å²) in [5.74, 6) is 2.84. The molecule has 2 N–H and O–H groups in total. The van der Waals surface area contributed by atoms with Crippen molar-refractivity contribution in [1.82, 2.24) is 4.90 Å². The molecule has 0 aromatic carbocycles. The predicted octanol–water partition coefficient (Wildman–Crippen LogP) is 0.522. The molecule has 0 aliphatic carbocycles. The highest BCUT2D eigenvalue weighted by Gasteiger charge is 2.49. The third-order valence-corrected chi connectivity index (χ3v) is 4.86. The predicted molar refractivity (Wildman–Crippen MR) is 59.0 cm³/mol. The average Bonchev–Trinajstić information content (AvgIpc) is 2.17. The van der Waals surface area contributed by atoms with Crippen LogP contribution >= 0.6 is 11.8 Å². The maximum absolute atomic E-state index is 9.21. The normalized spacial score (nSPS) is 43.2. The Balaban J connectivity index is 2.20. The van der Waals surface area contributed by atoms with Gasteiger partial charge in [-0.3, -0.25) is 0 Å². The van der Waals surface area contributed by atoms with Gasteiger partial charge in [-0.15, -0.1) is 0 Å². The number of hydrogen-bond donors (Lipinski definition) is 1. The van der Waals surface area contributed by atoms with Crippen molar-refractivity contribution in [2.75, 3.05) is 31.1 Å². The van der Waals surface area contributed by atoms with Gasteiger partial charge in [0, 0.05) is 36.4 Å². The van der Waals surface area contributed by atoms with Crippen LogP contribution in [0.25, 0.3) is 0 Å². The lowest BCUT2D eigenvalue weighted by Crippen LogP contribution is -2.65. The van der Waals surface area contributed by atoms with E-state index in [0.29, 0.717) is 11.8 Å². The molecule has 2 aliphatic rings. The second-order valence-electron chi connectivity index (χ2n) is 4.33. The zero-order chi connectivity index (χ0) is 10.2. The van der Waals surface area contributed by atoms with E-state index >= 15 is 0 Å². The molecule has 0 spiro atoms. The van der Waals surface area contributed by atoms with Crippen molar-refractivity contribution in [2.24, 2.45) is 17.6 Å². The van der Waals surface area contributed by atoms with Gasteiger partial charge < -0.3 is 10.6 Å². The highest BCUT2D eigenvalue weighted by atomic mass is 32.2. The molecule has 0 aromatic rings. The maximum Gasteiger partial charge on any atom is 0.113 e. The smallest absolute Gasteiger partial charge is 0.113 e. The number of likely N-dealkylation sites (tertiary alicyclic amines) is 1. The minimum absolute atomic E-state index is 0.366. The lowest BCUT2D eigenvalue weighted by molar-refractivity contribution is 0.0885. The molecule has 2 atom stereocenters. The largest absolute Gasteiger partial charge is 0.313 e. The number of nitrogens with zero attached hydrogens (tertiary/aromatic N) is 2. The fraction of sp³-hybridized carbons (Fsp3) is 0.900. The van der Waals surface area contributed by atoms with E-state index < -0.39 is 5.54 Å². The van der Waals surface area contributed by atoms with Crippen LogP contribution in [-0.2, 0) is 0 Å². The first-order valence-electron chi connectivity index (χ1n) is 5.21. The van der Waals surface area contributed by atoms with Crippen LogP contribution in [-0.4, -0.2) is 41.6 Å². The molecule has 2 rings (SSSR count). The first-order valence-corrected chi connectivity index (χ1v) is 6.36. The molecule has 0 saturated carbocycles. The Morgan fingerprint density at radius 2 is 2.07 bits per heavy atom. The van der Waals surface area contributed by atoms with Gasteiger partial charge in [-0.1, -0.05) is 6.92 Å². The van der Waals surface area contributed by atoms with Crippen molar-refractivity contribution in [1.29, 1.82) is 5.26 Å². The van der Waals surface area contributed by atoms with Crippen LogP contribution < -0.4 is 5.73 Å². The molecule has 3 nitrogen and oxygen atoms in total. The van der Waals surface area contributed by atoms with Gasteiger partial charge in [0.05, 0.1) is 6.07 Å². The molecule has 0 aromatic heterocycles. The molecule has 2 saturated heterocycles. The highest BCUT2D eigenvalue weighted by Crippen LogP contribution is 2.39. The third kappa shape index (κ3) is 1.44. The number of hydrogen-bond acceptors (Lipinski definition) is 4. The summed E-state index contributed by atoms with van der Waals surface area (Å²) in [4.78, 5) is 2.43. The van der Waals surface area contributed by atoms with Crippen molar-refractivity contribution in [3.05, 3.63) is 0 Å². The van der Waals surface area contributed by atoms with Gasteiger partial charge in [-0.2, -0.15) is 17.0 Å². The van der Waals surface area contributed by atoms with E-state index in [1.54, 1.807) is 0 Å². The molecular formula is C10H17N3S. The molecule has 0 amide bonds. The Kier molecular flexibility index (Phi) is 2.74. The lowest BCUT2D eigenvalue weighted by Gasteiger charge is -2.49. The minimum atomic E-state index is -0.545. The molecule has 2 heterocycles. The van der Waals surface area contributed by atoms with Crippen molar-refractivity contribution in [2.45, 2.75) is 12.5 Å². The summed E-state index contributed by atoms with van der Waals surface area (Å²) in [6.07, 6.45) is 0. The Bertz CT molecular complexity index is 247. The number of rotatable bonds is 1. The summed E-state index contributed by atoms with van der Waals surface area (Å²) in [6.45, 7) is 5.27. The number of nitriles is 1. The summed E-state index contributed by atoms with van der Waals surface area (Å²) in [7, 11) is 0. The zero-order valence-corrected chi connectivity index (χ0v) is 9.39. The standard InChI is InChI=1S/C10H17N3S/c1-2-13-3-8-5-14-6-9(4-13)10(8,12)7-11/h8-9H,2-6,12H2,1H3. The molecule has 4 heteroatoms. The number of fused-ring (bicyclic) bond motifs is 2. The first kappa shape index (κ1) is 10.3. The monoisotopic (exact) mass is 211 g/mol. The Morgan fingerprint density at radius 3 is 2.50 bits per heavy atom. The summed E-state index contributed by atoms with van der Waals surface area (Å²) in [5.41, 5.74) is 5.68. The summed E-state index contributed by atoms with van der Waals surface area (Å²) < 4.78 is 0. The molecule has 2 fully saturated rings. The van der Waals surface area contributed by atoms with E-state index in [0.717, 1.165) is 31.1 Å². The van der Waals surface area contributed by atoms with Crippen LogP contribution in [0.2, 0.25) is 0 Å². The number of nitrogens with two attached hydrogens (primary N) is 1. The topological polar surface area (TPSA) is 53.0 Å². The Morgan fingerprint density at radius 1 is 1.50 bits per heavy atom. The molecule has 78 valence electrons. The molecule has 0 radical (unpaired) electrons. The summed E-state index contributed by atoms with van der Waals surface area (Å²) in [5, 5.41) is 9.21. The van der Waals surface area contributed by atoms with E-state index in [9.17, 15) is 5.26 Å². The van der Waals surface area contributed by atoms with Crippen molar-refractivity contribution in [3.8, 4) is 6.07 Å². The van der Waals surface area contributed by atoms with Gasteiger partial charge >= 0.3 is 0 Å². The van der Waals surface area contributed by atoms with Crippen LogP contribution in [0.5, 0.6) is 0 Å².